The van der Waals surface area contributed by atoms with E-state index in [0.29, 0.717) is 23.7 Å². The monoisotopic (exact) mass is 353 g/mol. The Labute approximate surface area is 131 Å². The number of halogens is 1. The molecule has 0 unspecified atom stereocenters. The zero-order chi connectivity index (χ0) is 14.4. The Balaban J connectivity index is 2.18. The summed E-state index contributed by atoms with van der Waals surface area (Å²) < 4.78 is 5.24. The van der Waals surface area contributed by atoms with Crippen molar-refractivity contribution in [2.75, 3.05) is 19.0 Å². The standard InChI is InChI=1S/C15H16BrNO2S/c1-19-13-7-10-20-14(13)15(18)17(9-8-16)11-12-5-3-2-4-6-12/h2-7,10H,8-9,11H2,1H3. The van der Waals surface area contributed by atoms with E-state index >= 15 is 0 Å². The van der Waals surface area contributed by atoms with Gasteiger partial charge in [-0.2, -0.15) is 0 Å². The first-order valence-corrected chi connectivity index (χ1v) is 8.27. The summed E-state index contributed by atoms with van der Waals surface area (Å²) in [5, 5.41) is 2.63. The van der Waals surface area contributed by atoms with Gasteiger partial charge < -0.3 is 9.64 Å². The molecule has 1 aromatic heterocycles. The van der Waals surface area contributed by atoms with Gasteiger partial charge in [0.2, 0.25) is 0 Å². The number of thiophene rings is 1. The van der Waals surface area contributed by atoms with E-state index in [1.807, 2.05) is 46.7 Å². The zero-order valence-corrected chi connectivity index (χ0v) is 13.6. The molecular weight excluding hydrogens is 338 g/mol. The van der Waals surface area contributed by atoms with Crippen molar-refractivity contribution in [3.8, 4) is 5.75 Å². The summed E-state index contributed by atoms with van der Waals surface area (Å²) in [5.41, 5.74) is 1.12. The third-order valence-corrected chi connectivity index (χ3v) is 4.14. The fourth-order valence-corrected chi connectivity index (χ4v) is 3.17. The molecule has 0 aliphatic carbocycles. The maximum absolute atomic E-state index is 12.6. The second kappa shape index (κ2) is 7.45. The number of methoxy groups -OCH3 is 1. The van der Waals surface area contributed by atoms with Crippen molar-refractivity contribution in [2.45, 2.75) is 6.54 Å². The van der Waals surface area contributed by atoms with E-state index in [0.717, 1.165) is 10.9 Å². The van der Waals surface area contributed by atoms with Gasteiger partial charge in [-0.05, 0) is 17.0 Å². The van der Waals surface area contributed by atoms with Gasteiger partial charge in [0.25, 0.3) is 5.91 Å². The number of carbonyl (C=O) groups is 1. The zero-order valence-electron chi connectivity index (χ0n) is 11.2. The first-order valence-electron chi connectivity index (χ1n) is 6.27. The first-order chi connectivity index (χ1) is 9.76. The molecule has 2 aromatic rings. The first kappa shape index (κ1) is 15.1. The average Bonchev–Trinajstić information content (AvgIpc) is 2.95. The van der Waals surface area contributed by atoms with Crippen molar-refractivity contribution in [2.24, 2.45) is 0 Å². The molecule has 2 rings (SSSR count). The van der Waals surface area contributed by atoms with Crippen LogP contribution < -0.4 is 4.74 Å². The molecule has 20 heavy (non-hydrogen) atoms. The lowest BCUT2D eigenvalue weighted by molar-refractivity contribution is 0.0756. The van der Waals surface area contributed by atoms with Gasteiger partial charge >= 0.3 is 0 Å². The molecule has 0 radical (unpaired) electrons. The highest BCUT2D eigenvalue weighted by Gasteiger charge is 2.20. The summed E-state index contributed by atoms with van der Waals surface area (Å²) in [6.45, 7) is 1.26. The molecule has 0 aliphatic rings. The van der Waals surface area contributed by atoms with E-state index < -0.39 is 0 Å². The Morgan fingerprint density at radius 1 is 1.30 bits per heavy atom. The Morgan fingerprint density at radius 3 is 2.70 bits per heavy atom. The van der Waals surface area contributed by atoms with Gasteiger partial charge in [-0.3, -0.25) is 4.79 Å². The highest BCUT2D eigenvalue weighted by Crippen LogP contribution is 2.26. The minimum atomic E-state index is 0.0140. The van der Waals surface area contributed by atoms with Crippen LogP contribution in [0.25, 0.3) is 0 Å². The summed E-state index contributed by atoms with van der Waals surface area (Å²) in [6, 6.07) is 11.8. The van der Waals surface area contributed by atoms with Gasteiger partial charge in [0, 0.05) is 18.4 Å². The minimum Gasteiger partial charge on any atom is -0.495 e. The van der Waals surface area contributed by atoms with Gasteiger partial charge in [-0.1, -0.05) is 46.3 Å². The molecule has 0 bridgehead atoms. The third-order valence-electron chi connectivity index (χ3n) is 2.90. The number of alkyl halides is 1. The molecule has 1 amide bonds. The molecule has 106 valence electrons. The van der Waals surface area contributed by atoms with Crippen molar-refractivity contribution in [1.82, 2.24) is 4.90 Å². The summed E-state index contributed by atoms with van der Waals surface area (Å²) >= 11 is 4.82. The second-order valence-corrected chi connectivity index (χ2v) is 5.93. The molecule has 0 spiro atoms. The van der Waals surface area contributed by atoms with Crippen LogP contribution in [-0.4, -0.2) is 29.8 Å². The Morgan fingerprint density at radius 2 is 2.05 bits per heavy atom. The molecule has 1 heterocycles. The number of benzene rings is 1. The van der Waals surface area contributed by atoms with Crippen LogP contribution in [0, 0.1) is 0 Å². The van der Waals surface area contributed by atoms with Crippen molar-refractivity contribution in [3.63, 3.8) is 0 Å². The lowest BCUT2D eigenvalue weighted by Gasteiger charge is -2.21. The highest BCUT2D eigenvalue weighted by atomic mass is 79.9. The molecule has 1 aromatic carbocycles. The molecule has 0 saturated carbocycles. The number of nitrogens with zero attached hydrogens (tertiary/aromatic N) is 1. The topological polar surface area (TPSA) is 29.5 Å². The Hall–Kier alpha value is -1.33. The van der Waals surface area contributed by atoms with E-state index in [4.69, 9.17) is 4.74 Å². The van der Waals surface area contributed by atoms with Crippen LogP contribution in [0.4, 0.5) is 0 Å². The van der Waals surface area contributed by atoms with E-state index in [-0.39, 0.29) is 5.91 Å². The van der Waals surface area contributed by atoms with Crippen molar-refractivity contribution >= 4 is 33.2 Å². The fraction of sp³-hybridized carbons (Fsp3) is 0.267. The Bertz CT molecular complexity index is 556. The molecule has 0 saturated heterocycles. The van der Waals surface area contributed by atoms with E-state index in [1.54, 1.807) is 7.11 Å². The van der Waals surface area contributed by atoms with Crippen LogP contribution >= 0.6 is 27.3 Å². The van der Waals surface area contributed by atoms with Crippen molar-refractivity contribution < 1.29 is 9.53 Å². The molecule has 0 fully saturated rings. The van der Waals surface area contributed by atoms with Gasteiger partial charge in [0.15, 0.2) is 0 Å². The van der Waals surface area contributed by atoms with Crippen molar-refractivity contribution in [1.29, 1.82) is 0 Å². The normalized spacial score (nSPS) is 10.3. The van der Waals surface area contributed by atoms with E-state index in [1.165, 1.54) is 11.3 Å². The second-order valence-electron chi connectivity index (χ2n) is 4.22. The summed E-state index contributed by atoms with van der Waals surface area (Å²) in [7, 11) is 1.59. The predicted molar refractivity (Wildman–Crippen MR) is 85.8 cm³/mol. The summed E-state index contributed by atoms with van der Waals surface area (Å²) in [6.07, 6.45) is 0. The maximum Gasteiger partial charge on any atom is 0.268 e. The number of hydrogen-bond acceptors (Lipinski definition) is 3. The molecule has 5 heteroatoms. The Kier molecular flexibility index (Phi) is 5.61. The van der Waals surface area contributed by atoms with Crippen LogP contribution in [0.5, 0.6) is 5.75 Å². The number of rotatable bonds is 6. The highest BCUT2D eigenvalue weighted by molar-refractivity contribution is 9.09. The van der Waals surface area contributed by atoms with Gasteiger partial charge in [0.05, 0.1) is 7.11 Å². The van der Waals surface area contributed by atoms with Gasteiger partial charge in [-0.25, -0.2) is 0 Å². The van der Waals surface area contributed by atoms with E-state index in [2.05, 4.69) is 15.9 Å². The lowest BCUT2D eigenvalue weighted by atomic mass is 10.2. The third kappa shape index (κ3) is 3.61. The quantitative estimate of drug-likeness (QED) is 0.739. The van der Waals surface area contributed by atoms with Crippen LogP contribution in [0.3, 0.4) is 0 Å². The summed E-state index contributed by atoms with van der Waals surface area (Å²) in [5.74, 6) is 0.660. The number of amides is 1. The largest absolute Gasteiger partial charge is 0.495 e. The fourth-order valence-electron chi connectivity index (χ4n) is 1.92. The molecule has 0 atom stereocenters. The molecule has 0 aliphatic heterocycles. The number of ether oxygens (including phenoxy) is 1. The molecule has 3 nitrogen and oxygen atoms in total. The van der Waals surface area contributed by atoms with Crippen LogP contribution in [0.2, 0.25) is 0 Å². The number of hydrogen-bond donors (Lipinski definition) is 0. The number of carbonyl (C=O) groups excluding carboxylic acids is 1. The van der Waals surface area contributed by atoms with Gasteiger partial charge in [0.1, 0.15) is 10.6 Å². The van der Waals surface area contributed by atoms with Crippen LogP contribution in [0.1, 0.15) is 15.2 Å². The van der Waals surface area contributed by atoms with Crippen LogP contribution in [-0.2, 0) is 6.54 Å². The predicted octanol–water partition coefficient (Wildman–Crippen LogP) is 3.79. The van der Waals surface area contributed by atoms with Gasteiger partial charge in [-0.15, -0.1) is 11.3 Å². The minimum absolute atomic E-state index is 0.0140. The SMILES string of the molecule is COc1ccsc1C(=O)N(CCBr)Cc1ccccc1. The maximum atomic E-state index is 12.6. The average molecular weight is 354 g/mol. The smallest absolute Gasteiger partial charge is 0.268 e. The molecule has 0 N–H and O–H groups in total. The van der Waals surface area contributed by atoms with E-state index in [9.17, 15) is 4.79 Å². The van der Waals surface area contributed by atoms with Crippen molar-refractivity contribution in [3.05, 3.63) is 52.2 Å². The lowest BCUT2D eigenvalue weighted by Crippen LogP contribution is -2.31. The molecular formula is C15H16BrNO2S. The van der Waals surface area contributed by atoms with Crippen LogP contribution in [0.15, 0.2) is 41.8 Å². The summed E-state index contributed by atoms with van der Waals surface area (Å²) in [4.78, 5) is 15.1.